The summed E-state index contributed by atoms with van der Waals surface area (Å²) < 4.78 is 6.05. The van der Waals surface area contributed by atoms with E-state index in [0.29, 0.717) is 17.9 Å². The van der Waals surface area contributed by atoms with Crippen LogP contribution >= 0.6 is 11.8 Å². The Labute approximate surface area is 188 Å². The van der Waals surface area contributed by atoms with E-state index in [1.54, 1.807) is 4.90 Å². The van der Waals surface area contributed by atoms with Crippen LogP contribution in [0.1, 0.15) is 63.5 Å². The molecule has 166 valence electrons. The van der Waals surface area contributed by atoms with E-state index in [1.165, 1.54) is 17.3 Å². The highest BCUT2D eigenvalue weighted by Crippen LogP contribution is 2.42. The van der Waals surface area contributed by atoms with Gasteiger partial charge in [0.1, 0.15) is 22.9 Å². The number of ether oxygens (including phenoxy) is 1. The zero-order chi connectivity index (χ0) is 22.6. The largest absolute Gasteiger partial charge is 0.480 e. The van der Waals surface area contributed by atoms with Crippen molar-refractivity contribution < 1.29 is 19.4 Å². The molecule has 0 spiro atoms. The Morgan fingerprint density at radius 1 is 1.19 bits per heavy atom. The maximum Gasteiger partial charge on any atom is 0.326 e. The lowest BCUT2D eigenvalue weighted by atomic mass is 9.87. The van der Waals surface area contributed by atoms with Gasteiger partial charge in [0, 0.05) is 0 Å². The molecule has 1 aliphatic heterocycles. The molecule has 0 aliphatic carbocycles. The molecule has 1 amide bonds. The fourth-order valence-corrected chi connectivity index (χ4v) is 4.91. The van der Waals surface area contributed by atoms with Crippen molar-refractivity contribution in [3.63, 3.8) is 0 Å². The van der Waals surface area contributed by atoms with Gasteiger partial charge in [-0.1, -0.05) is 64.8 Å². The Morgan fingerprint density at radius 3 is 2.52 bits per heavy atom. The van der Waals surface area contributed by atoms with Crippen LogP contribution in [0.15, 0.2) is 48.5 Å². The third-order valence-corrected chi connectivity index (χ3v) is 6.69. The summed E-state index contributed by atoms with van der Waals surface area (Å²) in [4.78, 5) is 26.0. The summed E-state index contributed by atoms with van der Waals surface area (Å²) in [6.07, 6.45) is 2.12. The number of amides is 1. The number of carbonyl (C=O) groups is 2. The lowest BCUT2D eigenvalue weighted by Gasteiger charge is -2.30. The van der Waals surface area contributed by atoms with E-state index in [4.69, 9.17) is 4.74 Å². The molecule has 0 aromatic heterocycles. The van der Waals surface area contributed by atoms with Gasteiger partial charge in [-0.3, -0.25) is 4.79 Å². The van der Waals surface area contributed by atoms with Crippen molar-refractivity contribution in [2.24, 2.45) is 0 Å². The summed E-state index contributed by atoms with van der Waals surface area (Å²) in [6.45, 7) is 8.53. The van der Waals surface area contributed by atoms with E-state index in [2.05, 4.69) is 32.9 Å². The number of thioether (sulfide) groups is 1. The van der Waals surface area contributed by atoms with Crippen molar-refractivity contribution in [1.29, 1.82) is 0 Å². The van der Waals surface area contributed by atoms with Crippen molar-refractivity contribution in [1.82, 2.24) is 4.90 Å². The van der Waals surface area contributed by atoms with E-state index < -0.39 is 12.0 Å². The molecule has 6 heteroatoms. The van der Waals surface area contributed by atoms with Gasteiger partial charge in [0.25, 0.3) is 0 Å². The molecule has 5 nitrogen and oxygen atoms in total. The monoisotopic (exact) mass is 441 g/mol. The fourth-order valence-electron chi connectivity index (χ4n) is 3.70. The minimum atomic E-state index is -0.944. The van der Waals surface area contributed by atoms with Crippen LogP contribution in [0.3, 0.4) is 0 Å². The predicted molar refractivity (Wildman–Crippen MR) is 125 cm³/mol. The number of carboxylic acids is 1. The first-order valence-corrected chi connectivity index (χ1v) is 11.8. The molecule has 1 saturated heterocycles. The molecule has 3 rings (SSSR count). The summed E-state index contributed by atoms with van der Waals surface area (Å²) in [6, 6.07) is 14.8. The molecule has 0 saturated carbocycles. The zero-order valence-electron chi connectivity index (χ0n) is 18.6. The van der Waals surface area contributed by atoms with Gasteiger partial charge in [-0.25, -0.2) is 4.79 Å². The van der Waals surface area contributed by atoms with Crippen molar-refractivity contribution in [2.45, 2.75) is 63.8 Å². The number of carbonyl (C=O) groups excluding carboxylic acids is 1. The average molecular weight is 442 g/mol. The van der Waals surface area contributed by atoms with Crippen LogP contribution in [-0.4, -0.2) is 33.7 Å². The summed E-state index contributed by atoms with van der Waals surface area (Å²) >= 11 is 1.47. The third kappa shape index (κ3) is 5.62. The van der Waals surface area contributed by atoms with E-state index in [-0.39, 0.29) is 16.7 Å². The van der Waals surface area contributed by atoms with Crippen molar-refractivity contribution in [2.75, 3.05) is 5.75 Å². The second-order valence-electron chi connectivity index (χ2n) is 8.91. The Balaban J connectivity index is 1.81. The molecule has 0 bridgehead atoms. The van der Waals surface area contributed by atoms with Crippen LogP contribution in [0.4, 0.5) is 0 Å². The number of carboxylic acid groups (broad SMARTS) is 1. The molecule has 2 aromatic carbocycles. The molecule has 1 fully saturated rings. The van der Waals surface area contributed by atoms with Crippen molar-refractivity contribution >= 4 is 23.6 Å². The van der Waals surface area contributed by atoms with Gasteiger partial charge in [-0.15, -0.1) is 11.8 Å². The summed E-state index contributed by atoms with van der Waals surface area (Å²) in [5.74, 6) is 0.632. The first-order chi connectivity index (χ1) is 14.7. The number of aliphatic carboxylic acids is 1. The third-order valence-electron chi connectivity index (χ3n) is 5.46. The number of unbranched alkanes of at least 4 members (excludes halogenated alkanes) is 1. The summed E-state index contributed by atoms with van der Waals surface area (Å²) in [7, 11) is 0. The van der Waals surface area contributed by atoms with Crippen LogP contribution in [0, 0.1) is 0 Å². The molecule has 1 unspecified atom stereocenters. The van der Waals surface area contributed by atoms with E-state index in [0.717, 1.165) is 24.2 Å². The number of hydrogen-bond donors (Lipinski definition) is 1. The molecule has 1 heterocycles. The quantitative estimate of drug-likeness (QED) is 0.545. The number of rotatable bonds is 8. The van der Waals surface area contributed by atoms with E-state index in [1.807, 2.05) is 43.3 Å². The smallest absolute Gasteiger partial charge is 0.326 e. The van der Waals surface area contributed by atoms with E-state index >= 15 is 0 Å². The maximum absolute atomic E-state index is 12.6. The standard InChI is InChI=1S/C25H31NO4S/c1-5-6-10-21(24(28)29)26-22(27)16-31-23(26)17-8-7-9-20(15-17)30-19-13-11-18(12-14-19)25(2,3)4/h7-9,11-15,21,23H,5-6,10,16H2,1-4H3,(H,28,29)/t21-,23?/m0/s1. The first-order valence-electron chi connectivity index (χ1n) is 10.7. The van der Waals surface area contributed by atoms with Crippen LogP contribution in [0.25, 0.3) is 0 Å². The second kappa shape index (κ2) is 9.77. The molecular formula is C25H31NO4S. The van der Waals surface area contributed by atoms with Gasteiger partial charge in [0.05, 0.1) is 5.75 Å². The Morgan fingerprint density at radius 2 is 1.90 bits per heavy atom. The highest BCUT2D eigenvalue weighted by molar-refractivity contribution is 8.00. The molecule has 1 N–H and O–H groups in total. The van der Waals surface area contributed by atoms with Crippen molar-refractivity contribution in [3.05, 3.63) is 59.7 Å². The summed E-state index contributed by atoms with van der Waals surface area (Å²) in [5, 5.41) is 9.42. The minimum Gasteiger partial charge on any atom is -0.480 e. The van der Waals surface area contributed by atoms with Crippen LogP contribution in [0.2, 0.25) is 0 Å². The zero-order valence-corrected chi connectivity index (χ0v) is 19.4. The molecule has 2 aromatic rings. The topological polar surface area (TPSA) is 66.8 Å². The average Bonchev–Trinajstić information content (AvgIpc) is 3.09. The molecule has 0 radical (unpaired) electrons. The Kier molecular flexibility index (Phi) is 7.31. The molecule has 1 aliphatic rings. The molecular weight excluding hydrogens is 410 g/mol. The lowest BCUT2D eigenvalue weighted by molar-refractivity contribution is -0.149. The lowest BCUT2D eigenvalue weighted by Crippen LogP contribution is -2.43. The van der Waals surface area contributed by atoms with Crippen LogP contribution in [-0.2, 0) is 15.0 Å². The van der Waals surface area contributed by atoms with Crippen LogP contribution < -0.4 is 4.74 Å². The number of nitrogens with zero attached hydrogens (tertiary/aromatic N) is 1. The van der Waals surface area contributed by atoms with E-state index in [9.17, 15) is 14.7 Å². The number of benzene rings is 2. The molecule has 31 heavy (non-hydrogen) atoms. The molecule has 2 atom stereocenters. The maximum atomic E-state index is 12.6. The SMILES string of the molecule is CCCC[C@@H](C(=O)O)N1C(=O)CSC1c1cccc(Oc2ccc(C(C)(C)C)cc2)c1. The normalized spacial score (nSPS) is 17.6. The fraction of sp³-hybridized carbons (Fsp3) is 0.440. The first kappa shape index (κ1) is 23.2. The highest BCUT2D eigenvalue weighted by Gasteiger charge is 2.40. The van der Waals surface area contributed by atoms with Crippen molar-refractivity contribution in [3.8, 4) is 11.5 Å². The predicted octanol–water partition coefficient (Wildman–Crippen LogP) is 5.99. The highest BCUT2D eigenvalue weighted by atomic mass is 32.2. The minimum absolute atomic E-state index is 0.0760. The van der Waals surface area contributed by atoms with Gasteiger partial charge in [-0.05, 0) is 47.2 Å². The second-order valence-corrected chi connectivity index (χ2v) is 9.98. The van der Waals surface area contributed by atoms with Gasteiger partial charge >= 0.3 is 5.97 Å². The van der Waals surface area contributed by atoms with Crippen LogP contribution in [0.5, 0.6) is 11.5 Å². The number of hydrogen-bond acceptors (Lipinski definition) is 4. The summed E-state index contributed by atoms with van der Waals surface area (Å²) in [5.41, 5.74) is 2.19. The van der Waals surface area contributed by atoms with Gasteiger partial charge < -0.3 is 14.7 Å². The van der Waals surface area contributed by atoms with Gasteiger partial charge in [0.15, 0.2) is 0 Å². The van der Waals surface area contributed by atoms with Gasteiger partial charge in [-0.2, -0.15) is 0 Å². The van der Waals surface area contributed by atoms with Gasteiger partial charge in [0.2, 0.25) is 5.91 Å². The Bertz CT molecular complexity index is 920. The Hall–Kier alpha value is -2.47.